The van der Waals surface area contributed by atoms with Crippen molar-refractivity contribution < 1.29 is 55.2 Å². The first-order chi connectivity index (χ1) is 37.0. The Bertz CT molecular complexity index is 2330. The van der Waals surface area contributed by atoms with Gasteiger partial charge in [-0.1, -0.05) is 137 Å². The zero-order valence-corrected chi connectivity index (χ0v) is 56.0. The van der Waals surface area contributed by atoms with E-state index in [9.17, 15) is 0 Å². The van der Waals surface area contributed by atoms with Crippen LogP contribution in [0.15, 0.2) is 69.7 Å². The van der Waals surface area contributed by atoms with Crippen LogP contribution in [0.1, 0.15) is 153 Å². The van der Waals surface area contributed by atoms with Crippen molar-refractivity contribution in [2.45, 2.75) is 279 Å². The number of rotatable bonds is 23. The Labute approximate surface area is 493 Å². The highest BCUT2D eigenvalue weighted by molar-refractivity contribution is 14.1. The minimum Gasteiger partial charge on any atom is -0.411 e. The number of hydrogen-bond acceptors (Lipinski definition) is 12. The number of Topliss-reactive ketones (excluding diaryl/α,β-unsaturated/α-hetero) is 1. The molecule has 0 saturated carbocycles. The second-order valence-electron chi connectivity index (χ2n) is 27.8. The van der Waals surface area contributed by atoms with Crippen molar-refractivity contribution in [2.75, 3.05) is 13.2 Å². The van der Waals surface area contributed by atoms with Crippen LogP contribution in [0.4, 0.5) is 0 Å². The maximum Gasteiger partial charge on any atom is 0.193 e. The summed E-state index contributed by atoms with van der Waals surface area (Å²) >= 11 is 2.28. The van der Waals surface area contributed by atoms with E-state index >= 15 is 13.2 Å². The molecule has 0 radical (unpaired) electrons. The van der Waals surface area contributed by atoms with Crippen molar-refractivity contribution in [3.8, 4) is 0 Å². The maximum atomic E-state index is 15.7. The van der Waals surface area contributed by atoms with Crippen molar-refractivity contribution in [3.63, 3.8) is 0 Å². The molecule has 12 nitrogen and oxygen atoms in total. The van der Waals surface area contributed by atoms with Crippen LogP contribution in [0.3, 0.4) is 0 Å². The molecule has 1 aromatic carbocycles. The predicted octanol–water partition coefficient (Wildman–Crippen LogP) is 14.3. The summed E-state index contributed by atoms with van der Waals surface area (Å²) in [7, 11) is -8.88. The van der Waals surface area contributed by atoms with Crippen LogP contribution >= 0.6 is 22.6 Å². The molecule has 16 heteroatoms. The number of ether oxygens (including phenoxy) is 7. The number of benzene rings is 1. The third-order valence-electron chi connectivity index (χ3n) is 20.0. The number of carbonyl (C=O) groups excluding carboxylic acids is 1. The smallest absolute Gasteiger partial charge is 0.193 e. The fraction of sp³-hybridized carbons (Fsp3) is 0.794. The summed E-state index contributed by atoms with van der Waals surface area (Å²) in [4.78, 5) is 15.8. The van der Waals surface area contributed by atoms with E-state index in [-0.39, 0.29) is 112 Å². The summed E-state index contributed by atoms with van der Waals surface area (Å²) in [6.07, 6.45) is 6.76. The van der Waals surface area contributed by atoms with Gasteiger partial charge in [0.1, 0.15) is 11.4 Å². The lowest BCUT2D eigenvalue weighted by molar-refractivity contribution is -0.251. The SMILES string of the molecule is C=C1C[C@H](CCC2OCCO2)O[C@H]1CC[C@H]1C[C@@H](C)C(=C)[C@@H](C[C@@H]2O[C@H](C[C@H](C)CC)[C@H](C)[C@H]2C(C(=O)C[C@H]2CC[C@@H]3O[C@@H]([C@H](/C=C/I)O[Si](C)(C)C(C)(C)C)[C@@H](O[Si](C)(C)C(C)(C)C)[C@@H](C)[C@H]3O2)S(=O)(=O)c2ccccc2)O1. The maximum absolute atomic E-state index is 15.7. The number of carbonyl (C=O) groups is 1. The monoisotopic (exact) mass is 1270 g/mol. The van der Waals surface area contributed by atoms with Crippen LogP contribution in [0, 0.1) is 29.6 Å². The second-order valence-corrected chi connectivity index (χ2v) is 40.1. The van der Waals surface area contributed by atoms with Gasteiger partial charge in [0.25, 0.3) is 0 Å². The standard InChI is InChI=1S/C63H103IO12SSi2/c1-18-39(2)34-53-43(6)57(55(73-53)38-54-42(5)40(3)35-45(71-54)24-27-50-41(4)36-46(70-50)26-29-56-68-32-33-69-56)61(77(66,67)48-22-20-19-21-23-48)49(65)37-47-25-28-51-58(72-47)44(7)59(76-79(16,17)63(11,12)13)60(74-51)52(30-31-64)75-78(14,15)62(8,9)10/h19-23,30-31,39-40,43-47,50-61H,4-5,18,24-29,32-38H2,1-3,6-17H3/b31-30+/t39-,40-,43+,44+,45+,46+,47-,50+,51+,52+,53-,54-,55+,57-,58-,59+,60+,61?/m1/s1. The van der Waals surface area contributed by atoms with E-state index in [0.29, 0.717) is 38.4 Å². The average Bonchev–Trinajstić information content (AvgIpc) is 4.34. The van der Waals surface area contributed by atoms with Crippen LogP contribution in [0.5, 0.6) is 0 Å². The molecule has 18 atom stereocenters. The van der Waals surface area contributed by atoms with Crippen LogP contribution < -0.4 is 0 Å². The van der Waals surface area contributed by atoms with Gasteiger partial charge in [0.15, 0.2) is 38.5 Å². The van der Waals surface area contributed by atoms with Gasteiger partial charge in [0.05, 0.1) is 85.3 Å². The number of sulfone groups is 1. The van der Waals surface area contributed by atoms with E-state index in [2.05, 4.69) is 144 Å². The Morgan fingerprint density at radius 2 is 1.46 bits per heavy atom. The Balaban J connectivity index is 1.14. The second kappa shape index (κ2) is 27.1. The van der Waals surface area contributed by atoms with Crippen molar-refractivity contribution in [1.29, 1.82) is 0 Å². The fourth-order valence-electron chi connectivity index (χ4n) is 12.7. The van der Waals surface area contributed by atoms with Crippen molar-refractivity contribution in [3.05, 3.63) is 64.8 Å². The van der Waals surface area contributed by atoms with Gasteiger partial charge in [-0.15, -0.1) is 0 Å². The summed E-state index contributed by atoms with van der Waals surface area (Å²) in [6.45, 7) is 43.9. The summed E-state index contributed by atoms with van der Waals surface area (Å²) in [5, 5.41) is -1.46. The molecule has 0 bridgehead atoms. The molecule has 1 unspecified atom stereocenters. The Hall–Kier alpha value is -1.14. The molecule has 7 rings (SSSR count). The van der Waals surface area contributed by atoms with Crippen LogP contribution in [0.2, 0.25) is 36.3 Å². The molecule has 0 aromatic heterocycles. The number of fused-ring (bicyclic) bond motifs is 1. The predicted molar refractivity (Wildman–Crippen MR) is 328 cm³/mol. The third-order valence-corrected chi connectivity index (χ3v) is 31.5. The van der Waals surface area contributed by atoms with Crippen LogP contribution in [-0.2, 0) is 56.6 Å². The van der Waals surface area contributed by atoms with Gasteiger partial charge in [-0.2, -0.15) is 0 Å². The van der Waals surface area contributed by atoms with Crippen molar-refractivity contribution in [2.24, 2.45) is 29.6 Å². The summed E-state index contributed by atoms with van der Waals surface area (Å²) < 4.78 is 94.2. The molecule has 0 amide bonds. The molecule has 6 fully saturated rings. The topological polar surface area (TPSA) is 134 Å². The van der Waals surface area contributed by atoms with E-state index in [4.69, 9.17) is 42.0 Å². The molecule has 6 aliphatic rings. The highest BCUT2D eigenvalue weighted by Crippen LogP contribution is 2.49. The first kappa shape index (κ1) is 65.4. The molecule has 1 aromatic rings. The molecule has 79 heavy (non-hydrogen) atoms. The van der Waals surface area contributed by atoms with E-state index in [0.717, 1.165) is 62.5 Å². The Morgan fingerprint density at radius 3 is 2.09 bits per heavy atom. The molecular weight excluding hydrogens is 1160 g/mol. The van der Waals surface area contributed by atoms with Gasteiger partial charge >= 0.3 is 0 Å². The van der Waals surface area contributed by atoms with Crippen LogP contribution in [-0.4, -0.2) is 129 Å². The lowest BCUT2D eigenvalue weighted by Gasteiger charge is -2.54. The average molecular weight is 1270 g/mol. The highest BCUT2D eigenvalue weighted by Gasteiger charge is 2.57. The number of halogens is 1. The lowest BCUT2D eigenvalue weighted by atomic mass is 9.78. The fourth-order valence-corrected chi connectivity index (χ4v) is 17.9. The van der Waals surface area contributed by atoms with Crippen molar-refractivity contribution >= 4 is 54.8 Å². The molecule has 0 spiro atoms. The number of hydrogen-bond donors (Lipinski definition) is 0. The van der Waals surface area contributed by atoms with E-state index in [1.54, 1.807) is 24.3 Å². The molecule has 6 heterocycles. The molecule has 6 aliphatic heterocycles. The van der Waals surface area contributed by atoms with Gasteiger partial charge in [-0.05, 0) is 139 Å². The number of ketones is 1. The Morgan fingerprint density at radius 1 is 0.810 bits per heavy atom. The summed E-state index contributed by atoms with van der Waals surface area (Å²) in [5.41, 5.74) is 2.11. The van der Waals surface area contributed by atoms with E-state index in [1.807, 2.05) is 10.1 Å². The van der Waals surface area contributed by atoms with Crippen molar-refractivity contribution in [1.82, 2.24) is 0 Å². The van der Waals surface area contributed by atoms with Gasteiger partial charge in [-0.3, -0.25) is 4.79 Å². The first-order valence-corrected chi connectivity index (χ1v) is 38.9. The molecule has 6 saturated heterocycles. The molecule has 448 valence electrons. The molecular formula is C63H103IO12SSi2. The van der Waals surface area contributed by atoms with Crippen LogP contribution in [0.25, 0.3) is 0 Å². The zero-order valence-electron chi connectivity index (χ0n) is 51.0. The normalized spacial score (nSPS) is 34.8. The quantitative estimate of drug-likeness (QED) is 0.0586. The highest BCUT2D eigenvalue weighted by atomic mass is 127. The van der Waals surface area contributed by atoms with Gasteiger partial charge in [0.2, 0.25) is 0 Å². The van der Waals surface area contributed by atoms with Gasteiger partial charge in [-0.25, -0.2) is 8.42 Å². The minimum atomic E-state index is -4.24. The minimum absolute atomic E-state index is 0.0201. The molecule has 0 N–H and O–H groups in total. The van der Waals surface area contributed by atoms with E-state index < -0.39 is 49.8 Å². The largest absolute Gasteiger partial charge is 0.411 e. The summed E-state index contributed by atoms with van der Waals surface area (Å²) in [6, 6.07) is 8.54. The zero-order chi connectivity index (χ0) is 58.0. The van der Waals surface area contributed by atoms with Gasteiger partial charge in [0, 0.05) is 31.1 Å². The van der Waals surface area contributed by atoms with E-state index in [1.165, 1.54) is 0 Å². The third kappa shape index (κ3) is 15.7. The summed E-state index contributed by atoms with van der Waals surface area (Å²) in [5.74, 6) is -0.822. The Kier molecular flexibility index (Phi) is 22.4. The van der Waals surface area contributed by atoms with Gasteiger partial charge < -0.3 is 42.0 Å². The lowest BCUT2D eigenvalue weighted by Crippen LogP contribution is -2.64. The first-order valence-electron chi connectivity index (χ1n) is 30.3. The molecule has 0 aliphatic carbocycles.